The van der Waals surface area contributed by atoms with E-state index in [0.717, 1.165) is 5.56 Å². The van der Waals surface area contributed by atoms with Gasteiger partial charge in [0.05, 0.1) is 11.8 Å². The van der Waals surface area contributed by atoms with Gasteiger partial charge in [0.25, 0.3) is 5.91 Å². The molecule has 0 aliphatic carbocycles. The van der Waals surface area contributed by atoms with E-state index in [9.17, 15) is 9.59 Å². The Morgan fingerprint density at radius 2 is 2.09 bits per heavy atom. The fourth-order valence-corrected chi connectivity index (χ4v) is 1.95. The van der Waals surface area contributed by atoms with Crippen molar-refractivity contribution in [1.82, 2.24) is 9.99 Å². The molecular weight excluding hydrogens is 286 g/mol. The van der Waals surface area contributed by atoms with Gasteiger partial charge in [-0.2, -0.15) is 5.10 Å². The number of carbonyl (C=O) groups is 1. The molecule has 112 valence electrons. The molecule has 1 aromatic carbocycles. The fraction of sp³-hybridized carbons (Fsp3) is 0.133. The van der Waals surface area contributed by atoms with Crippen LogP contribution in [0.25, 0.3) is 0 Å². The molecule has 0 unspecified atom stereocenters. The smallest absolute Gasteiger partial charge is 0.272 e. The molecule has 0 bridgehead atoms. The third-order valence-electron chi connectivity index (χ3n) is 3.12. The van der Waals surface area contributed by atoms with Gasteiger partial charge in [0.15, 0.2) is 11.5 Å². The summed E-state index contributed by atoms with van der Waals surface area (Å²) in [7, 11) is 1.58. The average Bonchev–Trinajstić information content (AvgIpc) is 2.97. The summed E-state index contributed by atoms with van der Waals surface area (Å²) in [5.41, 5.74) is 3.35. The Labute approximate surface area is 125 Å². The first-order valence-corrected chi connectivity index (χ1v) is 6.53. The van der Waals surface area contributed by atoms with Crippen LogP contribution in [-0.2, 0) is 7.05 Å². The predicted octanol–water partition coefficient (Wildman–Crippen LogP) is 0.878. The lowest BCUT2D eigenvalue weighted by Crippen LogP contribution is -2.22. The number of hydrogen-bond donors (Lipinski definition) is 1. The minimum absolute atomic E-state index is 0.180. The van der Waals surface area contributed by atoms with Crippen LogP contribution in [0.5, 0.6) is 11.5 Å². The quantitative estimate of drug-likeness (QED) is 0.673. The summed E-state index contributed by atoms with van der Waals surface area (Å²) in [6, 6.07) is 8.13. The van der Waals surface area contributed by atoms with E-state index in [4.69, 9.17) is 9.47 Å². The number of hydrazone groups is 1. The molecule has 7 nitrogen and oxygen atoms in total. The van der Waals surface area contributed by atoms with Crippen LogP contribution in [0.4, 0.5) is 0 Å². The molecule has 1 aliphatic heterocycles. The molecule has 3 rings (SSSR count). The second-order valence-electron chi connectivity index (χ2n) is 4.68. The maximum atomic E-state index is 11.9. The second kappa shape index (κ2) is 5.72. The van der Waals surface area contributed by atoms with Gasteiger partial charge in [-0.3, -0.25) is 9.59 Å². The summed E-state index contributed by atoms with van der Waals surface area (Å²) in [5.74, 6) is 0.937. The molecule has 0 fully saturated rings. The lowest BCUT2D eigenvalue weighted by molar-refractivity contribution is 0.0954. The Bertz CT molecular complexity index is 811. The third-order valence-corrected chi connectivity index (χ3v) is 3.12. The molecule has 0 radical (unpaired) electrons. The summed E-state index contributed by atoms with van der Waals surface area (Å²) >= 11 is 0. The van der Waals surface area contributed by atoms with Gasteiger partial charge >= 0.3 is 0 Å². The van der Waals surface area contributed by atoms with Gasteiger partial charge < -0.3 is 14.0 Å². The molecule has 2 heterocycles. The molecule has 1 amide bonds. The predicted molar refractivity (Wildman–Crippen MR) is 79.3 cm³/mol. The Kier molecular flexibility index (Phi) is 3.61. The summed E-state index contributed by atoms with van der Waals surface area (Å²) in [4.78, 5) is 23.2. The number of aromatic nitrogens is 1. The average molecular weight is 299 g/mol. The molecule has 7 heteroatoms. The number of pyridine rings is 1. The number of hydrogen-bond acceptors (Lipinski definition) is 5. The highest BCUT2D eigenvalue weighted by Crippen LogP contribution is 2.31. The first kappa shape index (κ1) is 13.9. The minimum Gasteiger partial charge on any atom is -0.454 e. The van der Waals surface area contributed by atoms with Gasteiger partial charge in [-0.05, 0) is 29.8 Å². The summed E-state index contributed by atoms with van der Waals surface area (Å²) < 4.78 is 11.8. The molecule has 0 saturated heterocycles. The SMILES string of the molecule is Cn1cc(C(=O)N/N=C\c2ccc3c(c2)OCO3)ccc1=O. The third kappa shape index (κ3) is 2.83. The van der Waals surface area contributed by atoms with E-state index >= 15 is 0 Å². The number of carbonyl (C=O) groups excluding carboxylic acids is 1. The van der Waals surface area contributed by atoms with E-state index < -0.39 is 5.91 Å². The lowest BCUT2D eigenvalue weighted by atomic mass is 10.2. The standard InChI is InChI=1S/C15H13N3O4/c1-18-8-11(3-5-14(18)19)15(20)17-16-7-10-2-4-12-13(6-10)22-9-21-12/h2-8H,9H2,1H3,(H,17,20)/b16-7-. The van der Waals surface area contributed by atoms with Gasteiger partial charge in [0.2, 0.25) is 12.4 Å². The van der Waals surface area contributed by atoms with Crippen LogP contribution in [0, 0.1) is 0 Å². The number of rotatable bonds is 3. The van der Waals surface area contributed by atoms with E-state index in [2.05, 4.69) is 10.5 Å². The molecule has 0 spiro atoms. The van der Waals surface area contributed by atoms with Crippen LogP contribution in [0.1, 0.15) is 15.9 Å². The van der Waals surface area contributed by atoms with Crippen molar-refractivity contribution < 1.29 is 14.3 Å². The van der Waals surface area contributed by atoms with Gasteiger partial charge in [-0.15, -0.1) is 0 Å². The van der Waals surface area contributed by atoms with Crippen molar-refractivity contribution in [3.8, 4) is 11.5 Å². The van der Waals surface area contributed by atoms with Crippen LogP contribution >= 0.6 is 0 Å². The highest BCUT2D eigenvalue weighted by molar-refractivity contribution is 5.94. The molecule has 0 saturated carbocycles. The normalized spacial score (nSPS) is 12.6. The fourth-order valence-electron chi connectivity index (χ4n) is 1.95. The lowest BCUT2D eigenvalue weighted by Gasteiger charge is -2.02. The molecule has 1 N–H and O–H groups in total. The maximum absolute atomic E-state index is 11.9. The van der Waals surface area contributed by atoms with Gasteiger partial charge in [0.1, 0.15) is 0 Å². The highest BCUT2D eigenvalue weighted by Gasteiger charge is 2.12. The largest absolute Gasteiger partial charge is 0.454 e. The molecule has 0 atom stereocenters. The zero-order valence-electron chi connectivity index (χ0n) is 11.8. The van der Waals surface area contributed by atoms with Gasteiger partial charge in [0, 0.05) is 19.3 Å². The Balaban J connectivity index is 1.67. The monoisotopic (exact) mass is 299 g/mol. The zero-order chi connectivity index (χ0) is 15.5. The molecule has 2 aromatic rings. The highest BCUT2D eigenvalue weighted by atomic mass is 16.7. The van der Waals surface area contributed by atoms with Crippen LogP contribution in [-0.4, -0.2) is 23.5 Å². The summed E-state index contributed by atoms with van der Waals surface area (Å²) in [6.45, 7) is 0.208. The first-order chi connectivity index (χ1) is 10.6. The van der Waals surface area contributed by atoms with Crippen molar-refractivity contribution in [1.29, 1.82) is 0 Å². The number of ether oxygens (including phenoxy) is 2. The Morgan fingerprint density at radius 1 is 1.27 bits per heavy atom. The van der Waals surface area contributed by atoms with Gasteiger partial charge in [-0.1, -0.05) is 0 Å². The van der Waals surface area contributed by atoms with Crippen molar-refractivity contribution in [2.75, 3.05) is 6.79 Å². The molecular formula is C15H13N3O4. The molecule has 22 heavy (non-hydrogen) atoms. The van der Waals surface area contributed by atoms with Crippen molar-refractivity contribution in [2.24, 2.45) is 12.1 Å². The Morgan fingerprint density at radius 3 is 2.91 bits per heavy atom. The summed E-state index contributed by atoms with van der Waals surface area (Å²) in [5, 5.41) is 3.89. The van der Waals surface area contributed by atoms with Crippen molar-refractivity contribution in [3.05, 3.63) is 58.0 Å². The van der Waals surface area contributed by atoms with Crippen molar-refractivity contribution in [3.63, 3.8) is 0 Å². The van der Waals surface area contributed by atoms with Crippen LogP contribution in [0.2, 0.25) is 0 Å². The topological polar surface area (TPSA) is 81.9 Å². The van der Waals surface area contributed by atoms with E-state index in [0.29, 0.717) is 17.1 Å². The van der Waals surface area contributed by atoms with Crippen molar-refractivity contribution >= 4 is 12.1 Å². The van der Waals surface area contributed by atoms with E-state index in [1.165, 1.54) is 29.1 Å². The first-order valence-electron chi connectivity index (χ1n) is 6.53. The van der Waals surface area contributed by atoms with Crippen LogP contribution in [0.3, 0.4) is 0 Å². The Hall–Kier alpha value is -3.09. The van der Waals surface area contributed by atoms with E-state index in [1.807, 2.05) is 0 Å². The number of amides is 1. The second-order valence-corrected chi connectivity index (χ2v) is 4.68. The zero-order valence-corrected chi connectivity index (χ0v) is 11.8. The number of aryl methyl sites for hydroxylation is 1. The maximum Gasteiger partial charge on any atom is 0.272 e. The molecule has 1 aliphatic rings. The van der Waals surface area contributed by atoms with Crippen LogP contribution < -0.4 is 20.5 Å². The number of nitrogens with zero attached hydrogens (tertiary/aromatic N) is 2. The number of nitrogens with one attached hydrogen (secondary N) is 1. The van der Waals surface area contributed by atoms with E-state index in [1.54, 1.807) is 25.2 Å². The minimum atomic E-state index is -0.396. The van der Waals surface area contributed by atoms with Crippen molar-refractivity contribution in [2.45, 2.75) is 0 Å². The number of benzene rings is 1. The molecule has 1 aromatic heterocycles. The number of fused-ring (bicyclic) bond motifs is 1. The van der Waals surface area contributed by atoms with Gasteiger partial charge in [-0.25, -0.2) is 5.43 Å². The van der Waals surface area contributed by atoms with Crippen LogP contribution in [0.15, 0.2) is 46.4 Å². The van der Waals surface area contributed by atoms with E-state index in [-0.39, 0.29) is 12.4 Å². The summed E-state index contributed by atoms with van der Waals surface area (Å²) in [6.07, 6.45) is 2.95.